The molecule has 1 aliphatic rings. The summed E-state index contributed by atoms with van der Waals surface area (Å²) >= 11 is 0. The number of carboxylic acids is 2. The van der Waals surface area contributed by atoms with Crippen LogP contribution in [0.15, 0.2) is 0 Å². The van der Waals surface area contributed by atoms with E-state index in [0.29, 0.717) is 13.1 Å². The topological polar surface area (TPSA) is 107 Å². The fourth-order valence-corrected chi connectivity index (χ4v) is 2.24. The fraction of sp³-hybridized carbons (Fsp3) is 0.769. The lowest BCUT2D eigenvalue weighted by Crippen LogP contribution is -2.47. The number of rotatable bonds is 6. The van der Waals surface area contributed by atoms with Gasteiger partial charge in [-0.05, 0) is 24.7 Å². The lowest BCUT2D eigenvalue weighted by Gasteiger charge is -2.22. The minimum absolute atomic E-state index is 0.0549. The van der Waals surface area contributed by atoms with Gasteiger partial charge in [-0.25, -0.2) is 9.59 Å². The molecule has 0 aliphatic carbocycles. The van der Waals surface area contributed by atoms with Gasteiger partial charge in [0.25, 0.3) is 0 Å². The highest BCUT2D eigenvalue weighted by Gasteiger charge is 2.33. The third-order valence-corrected chi connectivity index (χ3v) is 3.44. The van der Waals surface area contributed by atoms with Gasteiger partial charge >= 0.3 is 18.0 Å². The highest BCUT2D eigenvalue weighted by molar-refractivity contribution is 5.82. The van der Waals surface area contributed by atoms with Gasteiger partial charge in [-0.1, -0.05) is 13.8 Å². The van der Waals surface area contributed by atoms with E-state index < -0.39 is 24.0 Å². The molecule has 1 saturated heterocycles. The molecule has 1 rings (SSSR count). The van der Waals surface area contributed by atoms with Crippen LogP contribution in [0.2, 0.25) is 0 Å². The van der Waals surface area contributed by atoms with Crippen molar-refractivity contribution in [3.05, 3.63) is 0 Å². The zero-order valence-electron chi connectivity index (χ0n) is 11.9. The van der Waals surface area contributed by atoms with Crippen LogP contribution in [0.5, 0.6) is 0 Å². The van der Waals surface area contributed by atoms with E-state index in [4.69, 9.17) is 10.2 Å². The van der Waals surface area contributed by atoms with Crippen molar-refractivity contribution in [1.29, 1.82) is 0 Å². The molecule has 114 valence electrons. The first-order valence-corrected chi connectivity index (χ1v) is 6.71. The Bertz CT molecular complexity index is 394. The standard InChI is InChI=1S/C13H22N2O5/c1-13(2)6-7-15(8-13)12(20)14-9(11(18)19)4-3-5-10(16)17/h9H,3-8H2,1-2H3,(H,14,20)(H,16,17)(H,18,19)/t9-/m1/s1. The number of amides is 2. The number of hydrogen-bond acceptors (Lipinski definition) is 3. The Balaban J connectivity index is 2.47. The van der Waals surface area contributed by atoms with Crippen LogP contribution in [0.3, 0.4) is 0 Å². The Morgan fingerprint density at radius 2 is 1.95 bits per heavy atom. The summed E-state index contributed by atoms with van der Waals surface area (Å²) in [6.45, 7) is 5.32. The second-order valence-electron chi connectivity index (χ2n) is 5.96. The summed E-state index contributed by atoms with van der Waals surface area (Å²) in [5.41, 5.74) is 0.0549. The van der Waals surface area contributed by atoms with Crippen LogP contribution in [-0.2, 0) is 9.59 Å². The first kappa shape index (κ1) is 16.3. The van der Waals surface area contributed by atoms with Crippen LogP contribution in [0.1, 0.15) is 39.5 Å². The molecule has 0 bridgehead atoms. The van der Waals surface area contributed by atoms with E-state index in [2.05, 4.69) is 19.2 Å². The molecule has 0 spiro atoms. The number of urea groups is 1. The van der Waals surface area contributed by atoms with Gasteiger partial charge in [0.15, 0.2) is 0 Å². The highest BCUT2D eigenvalue weighted by atomic mass is 16.4. The Morgan fingerprint density at radius 1 is 1.30 bits per heavy atom. The molecule has 3 N–H and O–H groups in total. The van der Waals surface area contributed by atoms with Gasteiger partial charge in [-0.3, -0.25) is 4.79 Å². The van der Waals surface area contributed by atoms with Crippen molar-refractivity contribution in [2.45, 2.75) is 45.6 Å². The number of aliphatic carboxylic acids is 2. The van der Waals surface area contributed by atoms with Crippen LogP contribution < -0.4 is 5.32 Å². The summed E-state index contributed by atoms with van der Waals surface area (Å²) in [5.74, 6) is -2.11. The van der Waals surface area contributed by atoms with Gasteiger partial charge in [0, 0.05) is 19.5 Å². The average Bonchev–Trinajstić information content (AvgIpc) is 2.67. The second kappa shape index (κ2) is 6.58. The predicted molar refractivity (Wildman–Crippen MR) is 71.4 cm³/mol. The molecule has 1 heterocycles. The van der Waals surface area contributed by atoms with Crippen LogP contribution in [0.25, 0.3) is 0 Å². The third kappa shape index (κ3) is 5.07. The second-order valence-corrected chi connectivity index (χ2v) is 5.96. The summed E-state index contributed by atoms with van der Waals surface area (Å²) in [6, 6.07) is -1.43. The van der Waals surface area contributed by atoms with Crippen LogP contribution in [-0.4, -0.2) is 52.2 Å². The van der Waals surface area contributed by atoms with Gasteiger partial charge in [-0.2, -0.15) is 0 Å². The quantitative estimate of drug-likeness (QED) is 0.678. The van der Waals surface area contributed by atoms with E-state index in [-0.39, 0.29) is 24.7 Å². The first-order valence-electron chi connectivity index (χ1n) is 6.71. The van der Waals surface area contributed by atoms with Gasteiger partial charge in [0.1, 0.15) is 6.04 Å². The zero-order chi connectivity index (χ0) is 15.3. The smallest absolute Gasteiger partial charge is 0.326 e. The molecule has 0 aromatic rings. The maximum Gasteiger partial charge on any atom is 0.326 e. The van der Waals surface area contributed by atoms with Crippen molar-refractivity contribution in [2.75, 3.05) is 13.1 Å². The molecule has 0 aromatic heterocycles. The summed E-state index contributed by atoms with van der Waals surface area (Å²) in [6.07, 6.45) is 1.12. The van der Waals surface area contributed by atoms with Gasteiger partial charge in [-0.15, -0.1) is 0 Å². The van der Waals surface area contributed by atoms with Gasteiger partial charge in [0.05, 0.1) is 0 Å². The molecule has 2 amide bonds. The lowest BCUT2D eigenvalue weighted by atomic mass is 9.93. The largest absolute Gasteiger partial charge is 0.481 e. The summed E-state index contributed by atoms with van der Waals surface area (Å²) < 4.78 is 0. The minimum atomic E-state index is -1.14. The molecule has 1 atom stereocenters. The van der Waals surface area contributed by atoms with E-state index in [1.807, 2.05) is 0 Å². The van der Waals surface area contributed by atoms with Crippen molar-refractivity contribution in [2.24, 2.45) is 5.41 Å². The van der Waals surface area contributed by atoms with Crippen LogP contribution in [0.4, 0.5) is 4.79 Å². The summed E-state index contributed by atoms with van der Waals surface area (Å²) in [7, 11) is 0. The Kier molecular flexibility index (Phi) is 5.35. The normalized spacial score (nSPS) is 18.6. The fourth-order valence-electron chi connectivity index (χ4n) is 2.24. The SMILES string of the molecule is CC1(C)CCN(C(=O)N[C@H](CCCC(=O)O)C(=O)O)C1. The van der Waals surface area contributed by atoms with E-state index in [0.717, 1.165) is 6.42 Å². The molecule has 1 fully saturated rings. The van der Waals surface area contributed by atoms with E-state index >= 15 is 0 Å². The number of hydrogen-bond donors (Lipinski definition) is 3. The first-order chi connectivity index (χ1) is 9.21. The van der Waals surface area contributed by atoms with Crippen molar-refractivity contribution in [3.8, 4) is 0 Å². The molecule has 7 nitrogen and oxygen atoms in total. The molecule has 0 unspecified atom stereocenters. The monoisotopic (exact) mass is 286 g/mol. The number of carboxylic acid groups (broad SMARTS) is 2. The third-order valence-electron chi connectivity index (χ3n) is 3.44. The Labute approximate surface area is 117 Å². The van der Waals surface area contributed by atoms with E-state index in [9.17, 15) is 14.4 Å². The summed E-state index contributed by atoms with van der Waals surface area (Å²) in [5, 5.41) is 20.1. The van der Waals surface area contributed by atoms with Crippen LogP contribution in [0, 0.1) is 5.41 Å². The molecular formula is C13H22N2O5. The molecule has 7 heteroatoms. The zero-order valence-corrected chi connectivity index (χ0v) is 11.9. The van der Waals surface area contributed by atoms with Crippen molar-refractivity contribution < 1.29 is 24.6 Å². The Hall–Kier alpha value is -1.79. The molecule has 0 aromatic carbocycles. The minimum Gasteiger partial charge on any atom is -0.481 e. The molecule has 1 aliphatic heterocycles. The number of nitrogens with one attached hydrogen (secondary N) is 1. The maximum atomic E-state index is 12.0. The molecule has 0 radical (unpaired) electrons. The molecular weight excluding hydrogens is 264 g/mol. The number of likely N-dealkylation sites (tertiary alicyclic amines) is 1. The number of carbonyl (C=O) groups excluding carboxylic acids is 1. The van der Waals surface area contributed by atoms with Gasteiger partial charge < -0.3 is 20.4 Å². The molecule has 0 saturated carbocycles. The van der Waals surface area contributed by atoms with Crippen molar-refractivity contribution >= 4 is 18.0 Å². The molecule has 20 heavy (non-hydrogen) atoms. The van der Waals surface area contributed by atoms with E-state index in [1.165, 1.54) is 0 Å². The van der Waals surface area contributed by atoms with E-state index in [1.54, 1.807) is 4.90 Å². The Morgan fingerprint density at radius 3 is 2.40 bits per heavy atom. The number of nitrogens with zero attached hydrogens (tertiary/aromatic N) is 1. The average molecular weight is 286 g/mol. The van der Waals surface area contributed by atoms with Crippen molar-refractivity contribution in [3.63, 3.8) is 0 Å². The lowest BCUT2D eigenvalue weighted by molar-refractivity contribution is -0.140. The van der Waals surface area contributed by atoms with Crippen LogP contribution >= 0.6 is 0 Å². The van der Waals surface area contributed by atoms with Gasteiger partial charge in [0.2, 0.25) is 0 Å². The number of carbonyl (C=O) groups is 3. The predicted octanol–water partition coefficient (Wildman–Crippen LogP) is 1.14. The summed E-state index contributed by atoms with van der Waals surface area (Å²) in [4.78, 5) is 35.1. The highest BCUT2D eigenvalue weighted by Crippen LogP contribution is 2.28. The van der Waals surface area contributed by atoms with Crippen molar-refractivity contribution in [1.82, 2.24) is 10.2 Å². The maximum absolute atomic E-state index is 12.0.